The highest BCUT2D eigenvalue weighted by Crippen LogP contribution is 2.27. The Kier molecular flexibility index (Phi) is 8.30. The molecule has 158 valence electrons. The lowest BCUT2D eigenvalue weighted by molar-refractivity contribution is 0.0928. The monoisotopic (exact) mass is 429 g/mol. The van der Waals surface area contributed by atoms with Gasteiger partial charge in [-0.2, -0.15) is 4.31 Å². The summed E-state index contributed by atoms with van der Waals surface area (Å²) >= 11 is 0. The molecular weight excluding hydrogens is 398 g/mol. The van der Waals surface area contributed by atoms with Crippen molar-refractivity contribution in [3.63, 3.8) is 0 Å². The average molecular weight is 430 g/mol. The van der Waals surface area contributed by atoms with Gasteiger partial charge in [0.15, 0.2) is 0 Å². The van der Waals surface area contributed by atoms with Crippen molar-refractivity contribution in [2.75, 3.05) is 13.6 Å². The summed E-state index contributed by atoms with van der Waals surface area (Å²) in [6.45, 7) is 0.579. The molecule has 3 N–H and O–H groups in total. The second kappa shape index (κ2) is 10.1. The minimum absolute atomic E-state index is 0. The molecule has 2 aliphatic rings. The van der Waals surface area contributed by atoms with Gasteiger partial charge in [0, 0.05) is 24.7 Å². The second-order valence-corrected chi connectivity index (χ2v) is 9.84. The van der Waals surface area contributed by atoms with Gasteiger partial charge in [-0.3, -0.25) is 4.79 Å². The van der Waals surface area contributed by atoms with Gasteiger partial charge in [0.25, 0.3) is 5.91 Å². The first-order valence-electron chi connectivity index (χ1n) is 10.0. The summed E-state index contributed by atoms with van der Waals surface area (Å²) in [5.74, 6) is 0.169. The standard InChI is InChI=1S/C20H31N3O3S.ClH/c1-23(17-7-3-2-4-8-17)27(25,26)18-12-10-15(11-13-18)20(24)22-19-9-5-6-16(19)14-21;/h10-13,16-17,19H,2-9,14,21H2,1H3,(H,22,24);1H. The third-order valence-corrected chi connectivity index (χ3v) is 8.09. The van der Waals surface area contributed by atoms with Crippen LogP contribution in [-0.4, -0.2) is 44.3 Å². The van der Waals surface area contributed by atoms with Crippen LogP contribution in [0.3, 0.4) is 0 Å². The van der Waals surface area contributed by atoms with Crippen LogP contribution in [0.15, 0.2) is 29.2 Å². The highest BCUT2D eigenvalue weighted by atomic mass is 35.5. The Labute approximate surface area is 174 Å². The van der Waals surface area contributed by atoms with Crippen molar-refractivity contribution in [2.45, 2.75) is 68.3 Å². The molecule has 28 heavy (non-hydrogen) atoms. The van der Waals surface area contributed by atoms with Gasteiger partial charge in [-0.25, -0.2) is 8.42 Å². The van der Waals surface area contributed by atoms with E-state index in [0.29, 0.717) is 18.0 Å². The number of amides is 1. The van der Waals surface area contributed by atoms with Gasteiger partial charge in [0.2, 0.25) is 10.0 Å². The first-order chi connectivity index (χ1) is 12.9. The van der Waals surface area contributed by atoms with E-state index in [4.69, 9.17) is 5.73 Å². The van der Waals surface area contributed by atoms with Crippen molar-refractivity contribution in [2.24, 2.45) is 11.7 Å². The van der Waals surface area contributed by atoms with Gasteiger partial charge in [-0.05, 0) is 62.4 Å². The molecule has 2 atom stereocenters. The Balaban J connectivity index is 0.00000280. The number of nitrogens with two attached hydrogens (primary N) is 1. The fraction of sp³-hybridized carbons (Fsp3) is 0.650. The van der Waals surface area contributed by atoms with Crippen LogP contribution in [0, 0.1) is 5.92 Å². The molecule has 2 saturated carbocycles. The fourth-order valence-electron chi connectivity index (χ4n) is 4.35. The molecule has 0 heterocycles. The minimum Gasteiger partial charge on any atom is -0.349 e. The zero-order chi connectivity index (χ0) is 19.4. The maximum Gasteiger partial charge on any atom is 0.251 e. The maximum absolute atomic E-state index is 12.9. The van der Waals surface area contributed by atoms with Crippen LogP contribution in [0.1, 0.15) is 61.7 Å². The van der Waals surface area contributed by atoms with Gasteiger partial charge in [-0.1, -0.05) is 25.7 Å². The van der Waals surface area contributed by atoms with Crippen LogP contribution in [-0.2, 0) is 10.0 Å². The van der Waals surface area contributed by atoms with Crippen molar-refractivity contribution in [3.8, 4) is 0 Å². The maximum atomic E-state index is 12.9. The summed E-state index contributed by atoms with van der Waals surface area (Å²) in [6, 6.07) is 6.47. The molecule has 2 fully saturated rings. The molecule has 1 aromatic carbocycles. The van der Waals surface area contributed by atoms with Crippen LogP contribution in [0.2, 0.25) is 0 Å². The summed E-state index contributed by atoms with van der Waals surface area (Å²) in [5, 5.41) is 3.05. The SMILES string of the molecule is CN(C1CCCCC1)S(=O)(=O)c1ccc(C(=O)NC2CCCC2CN)cc1.Cl. The molecule has 1 aromatic rings. The van der Waals surface area contributed by atoms with Crippen LogP contribution in [0.5, 0.6) is 0 Å². The fourth-order valence-corrected chi connectivity index (χ4v) is 5.76. The smallest absolute Gasteiger partial charge is 0.251 e. The predicted molar refractivity (Wildman–Crippen MR) is 113 cm³/mol. The first kappa shape index (κ1) is 23.1. The van der Waals surface area contributed by atoms with Crippen molar-refractivity contribution >= 4 is 28.3 Å². The highest BCUT2D eigenvalue weighted by molar-refractivity contribution is 7.89. The van der Waals surface area contributed by atoms with Crippen LogP contribution < -0.4 is 11.1 Å². The number of hydrogen-bond acceptors (Lipinski definition) is 4. The number of hydrogen-bond donors (Lipinski definition) is 2. The van der Waals surface area contributed by atoms with E-state index < -0.39 is 10.0 Å². The normalized spacial score (nSPS) is 23.4. The quantitative estimate of drug-likeness (QED) is 0.727. The number of benzene rings is 1. The van der Waals surface area contributed by atoms with Crippen LogP contribution in [0.25, 0.3) is 0 Å². The topological polar surface area (TPSA) is 92.5 Å². The number of nitrogens with one attached hydrogen (secondary N) is 1. The van der Waals surface area contributed by atoms with E-state index in [0.717, 1.165) is 44.9 Å². The Bertz CT molecular complexity index is 748. The minimum atomic E-state index is -3.53. The summed E-state index contributed by atoms with van der Waals surface area (Å²) in [5.41, 5.74) is 6.26. The summed E-state index contributed by atoms with van der Waals surface area (Å²) in [6.07, 6.45) is 8.25. The molecular formula is C20H32ClN3O3S. The molecule has 6 nitrogen and oxygen atoms in total. The largest absolute Gasteiger partial charge is 0.349 e. The lowest BCUT2D eigenvalue weighted by atomic mass is 9.96. The van der Waals surface area contributed by atoms with E-state index >= 15 is 0 Å². The molecule has 0 aromatic heterocycles. The first-order valence-corrected chi connectivity index (χ1v) is 11.5. The van der Waals surface area contributed by atoms with Gasteiger partial charge >= 0.3 is 0 Å². The lowest BCUT2D eigenvalue weighted by Gasteiger charge is -2.30. The van der Waals surface area contributed by atoms with Crippen molar-refractivity contribution in [1.82, 2.24) is 9.62 Å². The van der Waals surface area contributed by atoms with E-state index in [1.54, 1.807) is 31.3 Å². The van der Waals surface area contributed by atoms with E-state index in [2.05, 4.69) is 5.32 Å². The van der Waals surface area contributed by atoms with E-state index in [9.17, 15) is 13.2 Å². The predicted octanol–water partition coefficient (Wildman–Crippen LogP) is 2.92. The molecule has 2 unspecified atom stereocenters. The van der Waals surface area contributed by atoms with Gasteiger partial charge in [-0.15, -0.1) is 12.4 Å². The summed E-state index contributed by atoms with van der Waals surface area (Å²) in [4.78, 5) is 12.7. The highest BCUT2D eigenvalue weighted by Gasteiger charge is 2.30. The molecule has 0 radical (unpaired) electrons. The van der Waals surface area contributed by atoms with Crippen molar-refractivity contribution in [1.29, 1.82) is 0 Å². The zero-order valence-corrected chi connectivity index (χ0v) is 18.1. The molecule has 0 aliphatic heterocycles. The molecule has 8 heteroatoms. The second-order valence-electron chi connectivity index (χ2n) is 7.84. The number of rotatable bonds is 6. The molecule has 0 spiro atoms. The van der Waals surface area contributed by atoms with Crippen LogP contribution in [0.4, 0.5) is 0 Å². The zero-order valence-electron chi connectivity index (χ0n) is 16.5. The third-order valence-electron chi connectivity index (χ3n) is 6.16. The average Bonchev–Trinajstić information content (AvgIpc) is 3.15. The molecule has 2 aliphatic carbocycles. The third kappa shape index (κ3) is 5.06. The van der Waals surface area contributed by atoms with Gasteiger partial charge in [0.05, 0.1) is 4.90 Å². The van der Waals surface area contributed by atoms with E-state index in [1.807, 2.05) is 0 Å². The van der Waals surface area contributed by atoms with E-state index in [-0.39, 0.29) is 35.3 Å². The summed E-state index contributed by atoms with van der Waals surface area (Å²) in [7, 11) is -1.87. The van der Waals surface area contributed by atoms with Crippen LogP contribution >= 0.6 is 12.4 Å². The number of nitrogens with zero attached hydrogens (tertiary/aromatic N) is 1. The van der Waals surface area contributed by atoms with Gasteiger partial charge < -0.3 is 11.1 Å². The Morgan fingerprint density at radius 3 is 2.32 bits per heavy atom. The molecule has 0 saturated heterocycles. The van der Waals surface area contributed by atoms with Crippen molar-refractivity contribution in [3.05, 3.63) is 29.8 Å². The lowest BCUT2D eigenvalue weighted by Crippen LogP contribution is -2.40. The number of carbonyl (C=O) groups excluding carboxylic acids is 1. The Morgan fingerprint density at radius 1 is 1.07 bits per heavy atom. The Morgan fingerprint density at radius 2 is 1.71 bits per heavy atom. The van der Waals surface area contributed by atoms with Crippen molar-refractivity contribution < 1.29 is 13.2 Å². The van der Waals surface area contributed by atoms with E-state index in [1.165, 1.54) is 10.7 Å². The molecule has 1 amide bonds. The molecule has 0 bridgehead atoms. The Hall–Kier alpha value is -1.15. The summed E-state index contributed by atoms with van der Waals surface area (Å²) < 4.78 is 27.3. The van der Waals surface area contributed by atoms with Gasteiger partial charge in [0.1, 0.15) is 0 Å². The number of sulfonamides is 1. The number of halogens is 1. The molecule has 3 rings (SSSR count). The number of carbonyl (C=O) groups is 1.